The molecule has 0 aromatic heterocycles. The van der Waals surface area contributed by atoms with Crippen LogP contribution in [-0.2, 0) is 4.79 Å². The molecular weight excluding hydrogens is 296 g/mol. The number of amides is 2. The molecule has 0 aromatic rings. The highest BCUT2D eigenvalue weighted by molar-refractivity contribution is 5.74. The van der Waals surface area contributed by atoms with Crippen molar-refractivity contribution >= 4 is 12.0 Å². The van der Waals surface area contributed by atoms with Gasteiger partial charge in [-0.15, -0.1) is 0 Å². The topological polar surface area (TPSA) is 84.9 Å². The fourth-order valence-electron chi connectivity index (χ4n) is 3.14. The Hall–Kier alpha value is -1.34. The number of carboxylic acid groups (broad SMARTS) is 1. The second kappa shape index (κ2) is 7.97. The predicted octanol–water partition coefficient (Wildman–Crippen LogP) is 0.706. The van der Waals surface area contributed by atoms with Crippen molar-refractivity contribution in [1.82, 2.24) is 20.4 Å². The molecule has 2 aliphatic carbocycles. The van der Waals surface area contributed by atoms with Crippen LogP contribution in [-0.4, -0.2) is 77.8 Å². The third-order valence-electron chi connectivity index (χ3n) is 5.09. The maximum Gasteiger partial charge on any atom is 0.317 e. The van der Waals surface area contributed by atoms with Crippen LogP contribution in [0.5, 0.6) is 0 Å². The van der Waals surface area contributed by atoms with Gasteiger partial charge in [0.05, 0.1) is 6.54 Å². The molecule has 23 heavy (non-hydrogen) atoms. The monoisotopic (exact) mass is 326 g/mol. The number of carboxylic acids is 1. The van der Waals surface area contributed by atoms with E-state index in [-0.39, 0.29) is 24.7 Å². The standard InChI is InChI=1S/C16H30N4O3/c1-4-20(10-15(21)22)14-7-12(8-14)18-16(23)17-9-11(2)19(3)13-5-6-13/h11-14H,4-10H2,1-3H3,(H,21,22)(H2,17,18,23). The molecule has 132 valence electrons. The zero-order valence-corrected chi connectivity index (χ0v) is 14.4. The molecule has 2 amide bonds. The SMILES string of the molecule is CCN(CC(=O)O)C1CC(NC(=O)NCC(C)N(C)C2CC2)C1. The highest BCUT2D eigenvalue weighted by Gasteiger charge is 2.35. The average molecular weight is 326 g/mol. The van der Waals surface area contributed by atoms with E-state index < -0.39 is 5.97 Å². The van der Waals surface area contributed by atoms with Crippen molar-refractivity contribution in [3.8, 4) is 0 Å². The molecule has 7 heteroatoms. The third-order valence-corrected chi connectivity index (χ3v) is 5.09. The number of nitrogens with one attached hydrogen (secondary N) is 2. The summed E-state index contributed by atoms with van der Waals surface area (Å²) in [5, 5.41) is 14.8. The van der Waals surface area contributed by atoms with Gasteiger partial charge in [0.15, 0.2) is 0 Å². The fraction of sp³-hybridized carbons (Fsp3) is 0.875. The Balaban J connectivity index is 1.60. The van der Waals surface area contributed by atoms with E-state index in [0.717, 1.165) is 19.4 Å². The number of hydrogen-bond donors (Lipinski definition) is 3. The molecule has 0 radical (unpaired) electrons. The van der Waals surface area contributed by atoms with Crippen molar-refractivity contribution in [2.45, 2.75) is 63.7 Å². The summed E-state index contributed by atoms with van der Waals surface area (Å²) >= 11 is 0. The van der Waals surface area contributed by atoms with Gasteiger partial charge in [-0.05, 0) is 46.2 Å². The van der Waals surface area contributed by atoms with E-state index in [4.69, 9.17) is 5.11 Å². The van der Waals surface area contributed by atoms with Crippen molar-refractivity contribution in [1.29, 1.82) is 0 Å². The normalized spacial score (nSPS) is 25.1. The number of carbonyl (C=O) groups is 2. The van der Waals surface area contributed by atoms with Crippen molar-refractivity contribution in [3.63, 3.8) is 0 Å². The van der Waals surface area contributed by atoms with Gasteiger partial charge < -0.3 is 15.7 Å². The van der Waals surface area contributed by atoms with Gasteiger partial charge in [0.2, 0.25) is 0 Å². The second-order valence-corrected chi connectivity index (χ2v) is 6.88. The summed E-state index contributed by atoms with van der Waals surface area (Å²) in [7, 11) is 2.11. The van der Waals surface area contributed by atoms with Gasteiger partial charge in [-0.1, -0.05) is 6.92 Å². The van der Waals surface area contributed by atoms with Crippen LogP contribution in [0.3, 0.4) is 0 Å². The molecule has 2 aliphatic rings. The van der Waals surface area contributed by atoms with Gasteiger partial charge in [0.25, 0.3) is 0 Å². The maximum absolute atomic E-state index is 11.9. The molecule has 2 rings (SSSR count). The first-order valence-corrected chi connectivity index (χ1v) is 8.62. The Morgan fingerprint density at radius 3 is 2.43 bits per heavy atom. The summed E-state index contributed by atoms with van der Waals surface area (Å²) in [6, 6.07) is 1.33. The maximum atomic E-state index is 11.9. The van der Waals surface area contributed by atoms with Crippen LogP contribution < -0.4 is 10.6 Å². The first kappa shape index (κ1) is 18.0. The first-order chi connectivity index (χ1) is 10.9. The van der Waals surface area contributed by atoms with Crippen LogP contribution >= 0.6 is 0 Å². The highest BCUT2D eigenvalue weighted by Crippen LogP contribution is 2.27. The lowest BCUT2D eigenvalue weighted by Gasteiger charge is -2.42. The van der Waals surface area contributed by atoms with E-state index in [2.05, 4.69) is 29.5 Å². The molecule has 1 unspecified atom stereocenters. The van der Waals surface area contributed by atoms with E-state index in [0.29, 0.717) is 18.6 Å². The van der Waals surface area contributed by atoms with Crippen LogP contribution in [0.1, 0.15) is 39.5 Å². The van der Waals surface area contributed by atoms with Gasteiger partial charge in [-0.2, -0.15) is 0 Å². The fourth-order valence-corrected chi connectivity index (χ4v) is 3.14. The Kier molecular flexibility index (Phi) is 6.24. The van der Waals surface area contributed by atoms with Gasteiger partial charge >= 0.3 is 12.0 Å². The molecule has 2 saturated carbocycles. The van der Waals surface area contributed by atoms with Crippen LogP contribution in [0.15, 0.2) is 0 Å². The molecule has 0 bridgehead atoms. The Morgan fingerprint density at radius 1 is 1.26 bits per heavy atom. The number of nitrogens with zero attached hydrogens (tertiary/aromatic N) is 2. The minimum absolute atomic E-state index is 0.0745. The molecule has 0 saturated heterocycles. The number of aliphatic carboxylic acids is 1. The third kappa shape index (κ3) is 5.35. The zero-order chi connectivity index (χ0) is 17.0. The number of hydrogen-bond acceptors (Lipinski definition) is 4. The largest absolute Gasteiger partial charge is 0.480 e. The molecule has 1 atom stereocenters. The summed E-state index contributed by atoms with van der Waals surface area (Å²) in [5.74, 6) is -0.797. The summed E-state index contributed by atoms with van der Waals surface area (Å²) in [6.45, 7) is 5.54. The van der Waals surface area contributed by atoms with Crippen LogP contribution in [0.4, 0.5) is 4.79 Å². The van der Waals surface area contributed by atoms with Crippen LogP contribution in [0, 0.1) is 0 Å². The van der Waals surface area contributed by atoms with Gasteiger partial charge in [0.1, 0.15) is 0 Å². The number of urea groups is 1. The highest BCUT2D eigenvalue weighted by atomic mass is 16.4. The summed E-state index contributed by atoms with van der Waals surface area (Å²) in [5.41, 5.74) is 0. The lowest BCUT2D eigenvalue weighted by molar-refractivity contribution is -0.139. The molecule has 2 fully saturated rings. The number of likely N-dealkylation sites (N-methyl/N-ethyl adjacent to an activating group) is 2. The van der Waals surface area contributed by atoms with Gasteiger partial charge in [0, 0.05) is 30.7 Å². The van der Waals surface area contributed by atoms with E-state index >= 15 is 0 Å². The Morgan fingerprint density at radius 2 is 1.91 bits per heavy atom. The van der Waals surface area contributed by atoms with E-state index in [9.17, 15) is 9.59 Å². The number of rotatable bonds is 9. The average Bonchev–Trinajstić information content (AvgIpc) is 3.29. The summed E-state index contributed by atoms with van der Waals surface area (Å²) < 4.78 is 0. The van der Waals surface area contributed by atoms with Crippen LogP contribution in [0.2, 0.25) is 0 Å². The molecule has 3 N–H and O–H groups in total. The molecule has 0 spiro atoms. The minimum atomic E-state index is -0.797. The van der Waals surface area contributed by atoms with Gasteiger partial charge in [-0.3, -0.25) is 14.6 Å². The Labute approximate surface area is 138 Å². The zero-order valence-electron chi connectivity index (χ0n) is 14.4. The van der Waals surface area contributed by atoms with Crippen molar-refractivity contribution in [2.75, 3.05) is 26.7 Å². The quantitative estimate of drug-likeness (QED) is 0.581. The molecule has 0 aromatic carbocycles. The summed E-state index contributed by atoms with van der Waals surface area (Å²) in [4.78, 5) is 27.0. The Bertz CT molecular complexity index is 422. The second-order valence-electron chi connectivity index (χ2n) is 6.88. The van der Waals surface area contributed by atoms with E-state index in [1.165, 1.54) is 12.8 Å². The minimum Gasteiger partial charge on any atom is -0.480 e. The summed E-state index contributed by atoms with van der Waals surface area (Å²) in [6.07, 6.45) is 4.18. The van der Waals surface area contributed by atoms with Crippen molar-refractivity contribution in [2.24, 2.45) is 0 Å². The molecular formula is C16H30N4O3. The lowest BCUT2D eigenvalue weighted by atomic mass is 9.85. The van der Waals surface area contributed by atoms with Crippen molar-refractivity contribution < 1.29 is 14.7 Å². The van der Waals surface area contributed by atoms with Gasteiger partial charge in [-0.25, -0.2) is 4.79 Å². The van der Waals surface area contributed by atoms with Crippen LogP contribution in [0.25, 0.3) is 0 Å². The predicted molar refractivity (Wildman–Crippen MR) is 88.5 cm³/mol. The molecule has 7 nitrogen and oxygen atoms in total. The first-order valence-electron chi connectivity index (χ1n) is 8.62. The molecule has 0 aliphatic heterocycles. The smallest absolute Gasteiger partial charge is 0.317 e. The number of carbonyl (C=O) groups excluding carboxylic acids is 1. The lowest BCUT2D eigenvalue weighted by Crippen LogP contribution is -2.57. The molecule has 0 heterocycles. The van der Waals surface area contributed by atoms with E-state index in [1.54, 1.807) is 0 Å². The van der Waals surface area contributed by atoms with E-state index in [1.807, 2.05) is 11.8 Å². The van der Waals surface area contributed by atoms with Crippen molar-refractivity contribution in [3.05, 3.63) is 0 Å².